The molecule has 5 heteroatoms. The van der Waals surface area contributed by atoms with E-state index in [-0.39, 0.29) is 17.7 Å². The van der Waals surface area contributed by atoms with Gasteiger partial charge in [0, 0.05) is 6.54 Å². The third-order valence-electron chi connectivity index (χ3n) is 5.21. The van der Waals surface area contributed by atoms with Crippen molar-refractivity contribution in [3.8, 4) is 0 Å². The number of nitrogens with zero attached hydrogens (tertiary/aromatic N) is 1. The molecule has 4 rings (SSSR count). The number of sulfonamides is 1. The van der Waals surface area contributed by atoms with E-state index < -0.39 is 10.0 Å². The summed E-state index contributed by atoms with van der Waals surface area (Å²) in [5.74, 6) is 0. The molecule has 2 saturated heterocycles. The van der Waals surface area contributed by atoms with Crippen LogP contribution in [0.1, 0.15) is 30.5 Å². The Labute approximate surface area is 143 Å². The molecular weight excluding hydrogens is 322 g/mol. The molecule has 4 nitrogen and oxygen atoms in total. The molecule has 0 bridgehead atoms. The minimum absolute atomic E-state index is 0.0508. The smallest absolute Gasteiger partial charge is 0.243 e. The number of aryl methyl sites for hydroxylation is 1. The van der Waals surface area contributed by atoms with Crippen molar-refractivity contribution in [2.45, 2.75) is 42.9 Å². The lowest BCUT2D eigenvalue weighted by atomic mass is 9.98. The van der Waals surface area contributed by atoms with Crippen molar-refractivity contribution >= 4 is 10.0 Å². The van der Waals surface area contributed by atoms with Crippen molar-refractivity contribution in [1.82, 2.24) is 4.31 Å². The maximum Gasteiger partial charge on any atom is 0.243 e. The largest absolute Gasteiger partial charge is 0.362 e. The summed E-state index contributed by atoms with van der Waals surface area (Å²) < 4.78 is 34.0. The van der Waals surface area contributed by atoms with E-state index in [1.807, 2.05) is 49.4 Å². The normalized spacial score (nSPS) is 29.4. The summed E-state index contributed by atoms with van der Waals surface area (Å²) in [6, 6.07) is 16.6. The summed E-state index contributed by atoms with van der Waals surface area (Å²) in [6.45, 7) is 4.43. The molecular formula is C19H21NO3S. The molecule has 0 saturated carbocycles. The summed E-state index contributed by atoms with van der Waals surface area (Å²) in [7, 11) is -3.55. The van der Waals surface area contributed by atoms with Crippen LogP contribution < -0.4 is 0 Å². The first-order chi connectivity index (χ1) is 11.5. The predicted octanol–water partition coefficient (Wildman–Crippen LogP) is 3.29. The zero-order valence-corrected chi connectivity index (χ0v) is 14.7. The Bertz CT molecular complexity index is 848. The molecule has 0 aliphatic carbocycles. The molecule has 3 atom stereocenters. The number of ether oxygens (including phenoxy) is 1. The molecule has 2 aliphatic rings. The molecule has 2 heterocycles. The highest BCUT2D eigenvalue weighted by atomic mass is 32.2. The first-order valence-corrected chi connectivity index (χ1v) is 9.73. The SMILES string of the molecule is CC[C@]12CN(S(=O)(=O)c3ccc(C)cc3)[C@H](c3ccccc3)[C@H]1O2. The van der Waals surface area contributed by atoms with Gasteiger partial charge in [-0.05, 0) is 31.0 Å². The Morgan fingerprint density at radius 1 is 1.12 bits per heavy atom. The van der Waals surface area contributed by atoms with Gasteiger partial charge in [0.25, 0.3) is 0 Å². The van der Waals surface area contributed by atoms with Gasteiger partial charge in [-0.2, -0.15) is 4.31 Å². The molecule has 24 heavy (non-hydrogen) atoms. The fourth-order valence-corrected chi connectivity index (χ4v) is 5.35. The van der Waals surface area contributed by atoms with Gasteiger partial charge in [0.05, 0.1) is 10.9 Å². The van der Waals surface area contributed by atoms with Crippen LogP contribution in [0.2, 0.25) is 0 Å². The zero-order chi connectivity index (χ0) is 16.9. The maximum absolute atomic E-state index is 13.2. The predicted molar refractivity (Wildman–Crippen MR) is 92.1 cm³/mol. The van der Waals surface area contributed by atoms with E-state index in [4.69, 9.17) is 4.74 Å². The highest BCUT2D eigenvalue weighted by Gasteiger charge is 2.68. The van der Waals surface area contributed by atoms with E-state index in [9.17, 15) is 8.42 Å². The molecule has 0 N–H and O–H groups in total. The number of rotatable bonds is 4. The number of epoxide rings is 1. The second-order valence-electron chi connectivity index (χ2n) is 6.68. The second kappa shape index (κ2) is 5.41. The van der Waals surface area contributed by atoms with Crippen LogP contribution in [0.4, 0.5) is 0 Å². The van der Waals surface area contributed by atoms with E-state index in [1.54, 1.807) is 16.4 Å². The molecule has 2 fully saturated rings. The van der Waals surface area contributed by atoms with Gasteiger partial charge in [0.15, 0.2) is 0 Å². The Morgan fingerprint density at radius 3 is 2.42 bits per heavy atom. The van der Waals surface area contributed by atoms with E-state index in [0.717, 1.165) is 17.5 Å². The third-order valence-corrected chi connectivity index (χ3v) is 7.05. The van der Waals surface area contributed by atoms with Gasteiger partial charge < -0.3 is 4.74 Å². The van der Waals surface area contributed by atoms with Crippen molar-refractivity contribution in [1.29, 1.82) is 0 Å². The Hall–Kier alpha value is -1.69. The zero-order valence-electron chi connectivity index (χ0n) is 13.8. The third kappa shape index (κ3) is 2.31. The second-order valence-corrected chi connectivity index (χ2v) is 8.57. The lowest BCUT2D eigenvalue weighted by molar-refractivity contribution is 0.174. The van der Waals surface area contributed by atoms with Gasteiger partial charge in [0.1, 0.15) is 11.7 Å². The van der Waals surface area contributed by atoms with Gasteiger partial charge in [0.2, 0.25) is 10.0 Å². The first-order valence-electron chi connectivity index (χ1n) is 8.29. The van der Waals surface area contributed by atoms with E-state index >= 15 is 0 Å². The molecule has 2 aromatic carbocycles. The van der Waals surface area contributed by atoms with Gasteiger partial charge in [-0.3, -0.25) is 0 Å². The molecule has 126 valence electrons. The summed E-state index contributed by atoms with van der Waals surface area (Å²) in [5.41, 5.74) is 1.72. The highest BCUT2D eigenvalue weighted by molar-refractivity contribution is 7.89. The van der Waals surface area contributed by atoms with Crippen LogP contribution in [0.5, 0.6) is 0 Å². The van der Waals surface area contributed by atoms with Gasteiger partial charge >= 0.3 is 0 Å². The average molecular weight is 343 g/mol. The highest BCUT2D eigenvalue weighted by Crippen LogP contribution is 2.56. The lowest BCUT2D eigenvalue weighted by Gasteiger charge is -2.27. The summed E-state index contributed by atoms with van der Waals surface area (Å²) >= 11 is 0. The van der Waals surface area contributed by atoms with Gasteiger partial charge in [-0.1, -0.05) is 55.0 Å². The van der Waals surface area contributed by atoms with Crippen LogP contribution in [0.3, 0.4) is 0 Å². The molecule has 0 radical (unpaired) electrons. The summed E-state index contributed by atoms with van der Waals surface area (Å²) in [5, 5.41) is 0. The van der Waals surface area contributed by atoms with Crippen molar-refractivity contribution in [3.05, 3.63) is 65.7 Å². The Morgan fingerprint density at radius 2 is 1.79 bits per heavy atom. The number of hydrogen-bond donors (Lipinski definition) is 0. The fourth-order valence-electron chi connectivity index (χ4n) is 3.68. The van der Waals surface area contributed by atoms with Gasteiger partial charge in [-0.15, -0.1) is 0 Å². The van der Waals surface area contributed by atoms with Crippen LogP contribution in [-0.4, -0.2) is 31.0 Å². The topological polar surface area (TPSA) is 49.9 Å². The van der Waals surface area contributed by atoms with Crippen molar-refractivity contribution < 1.29 is 13.2 Å². The molecule has 2 aliphatic heterocycles. The van der Waals surface area contributed by atoms with Crippen LogP contribution in [0, 0.1) is 6.92 Å². The van der Waals surface area contributed by atoms with E-state index in [0.29, 0.717) is 11.4 Å². The maximum atomic E-state index is 13.2. The number of hydrogen-bond acceptors (Lipinski definition) is 3. The Kier molecular flexibility index (Phi) is 3.56. The molecule has 0 amide bonds. The minimum atomic E-state index is -3.55. The average Bonchev–Trinajstić information content (AvgIpc) is 3.21. The number of morpholine rings is 1. The van der Waals surface area contributed by atoms with Crippen molar-refractivity contribution in [3.63, 3.8) is 0 Å². The monoisotopic (exact) mass is 343 g/mol. The van der Waals surface area contributed by atoms with E-state index in [1.165, 1.54) is 0 Å². The van der Waals surface area contributed by atoms with Crippen LogP contribution in [0.25, 0.3) is 0 Å². The summed E-state index contributed by atoms with van der Waals surface area (Å²) in [4.78, 5) is 0.349. The molecule has 2 aromatic rings. The molecule has 0 spiro atoms. The van der Waals surface area contributed by atoms with Crippen LogP contribution >= 0.6 is 0 Å². The number of fused-ring (bicyclic) bond motifs is 1. The van der Waals surface area contributed by atoms with Crippen LogP contribution in [-0.2, 0) is 14.8 Å². The fraction of sp³-hybridized carbons (Fsp3) is 0.368. The van der Waals surface area contributed by atoms with Gasteiger partial charge in [-0.25, -0.2) is 8.42 Å². The molecule has 0 unspecified atom stereocenters. The minimum Gasteiger partial charge on any atom is -0.362 e. The lowest BCUT2D eigenvalue weighted by Crippen LogP contribution is -2.36. The standard InChI is InChI=1S/C19H21NO3S/c1-3-19-13-20(24(21,22)16-11-9-14(2)10-12-16)17(18(19)23-19)15-7-5-4-6-8-15/h4-12,17-18H,3,13H2,1-2H3/t17-,18-,19+/m1/s1. The quantitative estimate of drug-likeness (QED) is 0.801. The summed E-state index contributed by atoms with van der Waals surface area (Å²) in [6.07, 6.45) is 0.770. The van der Waals surface area contributed by atoms with Crippen molar-refractivity contribution in [2.75, 3.05) is 6.54 Å². The first kappa shape index (κ1) is 15.8. The molecule has 0 aromatic heterocycles. The van der Waals surface area contributed by atoms with Crippen molar-refractivity contribution in [2.24, 2.45) is 0 Å². The van der Waals surface area contributed by atoms with E-state index in [2.05, 4.69) is 6.92 Å². The Balaban J connectivity index is 1.76. The van der Waals surface area contributed by atoms with Crippen LogP contribution in [0.15, 0.2) is 59.5 Å². The number of benzene rings is 2.